The van der Waals surface area contributed by atoms with E-state index in [1.54, 1.807) is 35.9 Å². The fourth-order valence-corrected chi connectivity index (χ4v) is 3.21. The van der Waals surface area contributed by atoms with Crippen LogP contribution in [0.3, 0.4) is 0 Å². The van der Waals surface area contributed by atoms with Crippen LogP contribution in [-0.2, 0) is 11.4 Å². The number of anilines is 1. The van der Waals surface area contributed by atoms with Crippen molar-refractivity contribution in [1.29, 1.82) is 0 Å². The molecule has 0 spiro atoms. The normalized spacial score (nSPS) is 14.5. The minimum Gasteiger partial charge on any atom is -0.470 e. The van der Waals surface area contributed by atoms with Gasteiger partial charge in [0.2, 0.25) is 11.8 Å². The molecule has 3 aromatic rings. The molecule has 0 saturated carbocycles. The first-order chi connectivity index (χ1) is 15.0. The van der Waals surface area contributed by atoms with E-state index in [2.05, 4.69) is 25.8 Å². The molecule has 0 radical (unpaired) electrons. The van der Waals surface area contributed by atoms with Gasteiger partial charge in [-0.1, -0.05) is 17.3 Å². The summed E-state index contributed by atoms with van der Waals surface area (Å²) in [6.07, 6.45) is -1.69. The number of hydrogen-bond acceptors (Lipinski definition) is 7. The largest absolute Gasteiger partial charge is 0.470 e. The summed E-state index contributed by atoms with van der Waals surface area (Å²) in [7, 11) is 0. The maximum absolute atomic E-state index is 12.8. The maximum atomic E-state index is 12.8. The van der Waals surface area contributed by atoms with Gasteiger partial charge in [-0.05, 0) is 31.5 Å². The van der Waals surface area contributed by atoms with Crippen molar-refractivity contribution in [2.75, 3.05) is 24.5 Å². The number of benzene rings is 1. The van der Waals surface area contributed by atoms with Crippen LogP contribution in [-0.4, -0.2) is 50.7 Å². The highest BCUT2D eigenvalue weighted by atomic mass is 19.3. The summed E-state index contributed by atoms with van der Waals surface area (Å²) in [5.74, 6) is 0.868. The molecule has 162 valence electrons. The highest BCUT2D eigenvalue weighted by molar-refractivity contribution is 5.81. The summed E-state index contributed by atoms with van der Waals surface area (Å²) in [4.78, 5) is 13.6. The van der Waals surface area contributed by atoms with Gasteiger partial charge in [-0.2, -0.15) is 0 Å². The average molecular weight is 429 g/mol. The standard InChI is InChI=1S/C20H21F2N7O2/c1-13-16(29(27-24-13)15-5-3-14(4-6-15)20(21)22)12-31-19-8-7-17(25-26-19)28-10-2-9-23-18(30)11-28/h3-8,20H,2,9-12H2,1H3,(H,23,30). The molecule has 31 heavy (non-hydrogen) atoms. The summed E-state index contributed by atoms with van der Waals surface area (Å²) < 4.78 is 32.9. The van der Waals surface area contributed by atoms with Crippen molar-refractivity contribution in [2.24, 2.45) is 0 Å². The number of carbonyl (C=O) groups excluding carboxylic acids is 1. The number of alkyl halides is 2. The van der Waals surface area contributed by atoms with Crippen LogP contribution in [0.25, 0.3) is 5.69 Å². The smallest absolute Gasteiger partial charge is 0.263 e. The molecule has 1 saturated heterocycles. The minimum atomic E-state index is -2.53. The third-order valence-electron chi connectivity index (χ3n) is 4.92. The minimum absolute atomic E-state index is 0.0440. The van der Waals surface area contributed by atoms with E-state index in [0.717, 1.165) is 6.42 Å². The van der Waals surface area contributed by atoms with Crippen molar-refractivity contribution < 1.29 is 18.3 Å². The number of nitrogens with one attached hydrogen (secondary N) is 1. The van der Waals surface area contributed by atoms with Crippen LogP contribution in [0.4, 0.5) is 14.6 Å². The first kappa shape index (κ1) is 20.6. The molecule has 1 amide bonds. The molecule has 1 aromatic carbocycles. The van der Waals surface area contributed by atoms with E-state index >= 15 is 0 Å². The van der Waals surface area contributed by atoms with E-state index in [0.29, 0.717) is 41.9 Å². The van der Waals surface area contributed by atoms with Gasteiger partial charge >= 0.3 is 0 Å². The number of amides is 1. The Hall–Kier alpha value is -3.63. The Morgan fingerprint density at radius 2 is 1.94 bits per heavy atom. The van der Waals surface area contributed by atoms with Crippen molar-refractivity contribution >= 4 is 11.7 Å². The number of halogens is 2. The lowest BCUT2D eigenvalue weighted by Crippen LogP contribution is -2.33. The molecular weight excluding hydrogens is 408 g/mol. The van der Waals surface area contributed by atoms with Gasteiger partial charge in [-0.3, -0.25) is 4.79 Å². The molecule has 3 heterocycles. The van der Waals surface area contributed by atoms with Gasteiger partial charge in [-0.25, -0.2) is 13.5 Å². The first-order valence-corrected chi connectivity index (χ1v) is 9.79. The van der Waals surface area contributed by atoms with E-state index < -0.39 is 6.43 Å². The van der Waals surface area contributed by atoms with E-state index in [-0.39, 0.29) is 24.6 Å². The van der Waals surface area contributed by atoms with Crippen molar-refractivity contribution in [1.82, 2.24) is 30.5 Å². The lowest BCUT2D eigenvalue weighted by molar-refractivity contribution is -0.119. The third-order valence-corrected chi connectivity index (χ3v) is 4.92. The van der Waals surface area contributed by atoms with Gasteiger partial charge in [0.1, 0.15) is 12.3 Å². The van der Waals surface area contributed by atoms with Crippen molar-refractivity contribution in [3.05, 3.63) is 53.3 Å². The summed E-state index contributed by atoms with van der Waals surface area (Å²) in [5.41, 5.74) is 1.86. The average Bonchev–Trinajstić information content (AvgIpc) is 3.00. The predicted molar refractivity (Wildman–Crippen MR) is 107 cm³/mol. The molecule has 0 aliphatic carbocycles. The molecule has 11 heteroatoms. The third kappa shape index (κ3) is 4.76. The Kier molecular flexibility index (Phi) is 6.01. The van der Waals surface area contributed by atoms with E-state index in [9.17, 15) is 13.6 Å². The van der Waals surface area contributed by atoms with Crippen LogP contribution in [0.1, 0.15) is 29.8 Å². The van der Waals surface area contributed by atoms with Gasteiger partial charge in [0.05, 0.1) is 17.9 Å². The second kappa shape index (κ2) is 9.02. The highest BCUT2D eigenvalue weighted by Gasteiger charge is 2.17. The Morgan fingerprint density at radius 1 is 1.13 bits per heavy atom. The van der Waals surface area contributed by atoms with Crippen LogP contribution in [0.15, 0.2) is 36.4 Å². The molecule has 0 unspecified atom stereocenters. The molecule has 1 aliphatic heterocycles. The maximum Gasteiger partial charge on any atom is 0.263 e. The Bertz CT molecular complexity index is 1040. The molecular formula is C20H21F2N7O2. The second-order valence-corrected chi connectivity index (χ2v) is 7.07. The van der Waals surface area contributed by atoms with Crippen LogP contribution < -0.4 is 15.0 Å². The zero-order valence-electron chi connectivity index (χ0n) is 16.8. The predicted octanol–water partition coefficient (Wildman–Crippen LogP) is 2.21. The number of hydrogen-bond donors (Lipinski definition) is 1. The molecule has 1 fully saturated rings. The molecule has 4 rings (SSSR count). The van der Waals surface area contributed by atoms with E-state index in [1.165, 1.54) is 12.1 Å². The van der Waals surface area contributed by atoms with Gasteiger partial charge in [0.25, 0.3) is 6.43 Å². The Morgan fingerprint density at radius 3 is 2.65 bits per heavy atom. The number of aromatic nitrogens is 5. The number of carbonyl (C=O) groups is 1. The zero-order chi connectivity index (χ0) is 21.8. The quantitative estimate of drug-likeness (QED) is 0.642. The van der Waals surface area contributed by atoms with Crippen LogP contribution >= 0.6 is 0 Å². The second-order valence-electron chi connectivity index (χ2n) is 7.07. The summed E-state index contributed by atoms with van der Waals surface area (Å²) in [5, 5.41) is 19.2. The number of aryl methyl sites for hydroxylation is 1. The first-order valence-electron chi connectivity index (χ1n) is 9.79. The fraction of sp³-hybridized carbons (Fsp3) is 0.350. The van der Waals surface area contributed by atoms with Crippen LogP contribution in [0.2, 0.25) is 0 Å². The molecule has 9 nitrogen and oxygen atoms in total. The van der Waals surface area contributed by atoms with Gasteiger partial charge in [0, 0.05) is 24.7 Å². The Labute approximate surface area is 177 Å². The molecule has 1 N–H and O–H groups in total. The van der Waals surface area contributed by atoms with Crippen molar-refractivity contribution in [3.63, 3.8) is 0 Å². The lowest BCUT2D eigenvalue weighted by atomic mass is 10.2. The highest BCUT2D eigenvalue weighted by Crippen LogP contribution is 2.22. The number of ether oxygens (including phenoxy) is 1. The Balaban J connectivity index is 1.45. The van der Waals surface area contributed by atoms with E-state index in [4.69, 9.17) is 4.74 Å². The van der Waals surface area contributed by atoms with Crippen LogP contribution in [0.5, 0.6) is 5.88 Å². The zero-order valence-corrected chi connectivity index (χ0v) is 16.8. The fourth-order valence-electron chi connectivity index (χ4n) is 3.21. The van der Waals surface area contributed by atoms with Gasteiger partial charge in [-0.15, -0.1) is 15.3 Å². The van der Waals surface area contributed by atoms with Crippen LogP contribution in [0, 0.1) is 6.92 Å². The molecule has 1 aliphatic rings. The SMILES string of the molecule is Cc1nnn(-c2ccc(C(F)F)cc2)c1COc1ccc(N2CCCNC(=O)C2)nn1. The summed E-state index contributed by atoms with van der Waals surface area (Å²) in [6, 6.07) is 9.28. The lowest BCUT2D eigenvalue weighted by Gasteiger charge is -2.19. The molecule has 2 aromatic heterocycles. The van der Waals surface area contributed by atoms with Crippen molar-refractivity contribution in [3.8, 4) is 11.6 Å². The van der Waals surface area contributed by atoms with Crippen molar-refractivity contribution in [2.45, 2.75) is 26.4 Å². The van der Waals surface area contributed by atoms with Gasteiger partial charge < -0.3 is 15.0 Å². The van der Waals surface area contributed by atoms with Gasteiger partial charge in [0.15, 0.2) is 5.82 Å². The summed E-state index contributed by atoms with van der Waals surface area (Å²) >= 11 is 0. The monoisotopic (exact) mass is 429 g/mol. The van der Waals surface area contributed by atoms with E-state index in [1.807, 2.05) is 4.90 Å². The number of nitrogens with zero attached hydrogens (tertiary/aromatic N) is 6. The topological polar surface area (TPSA) is 98.1 Å². The molecule has 0 atom stereocenters. The summed E-state index contributed by atoms with van der Waals surface area (Å²) in [6.45, 7) is 3.51. The molecule has 0 bridgehead atoms. The number of rotatable bonds is 6.